The lowest BCUT2D eigenvalue weighted by Gasteiger charge is -2.19. The van der Waals surface area contributed by atoms with Gasteiger partial charge in [-0.3, -0.25) is 4.99 Å². The van der Waals surface area contributed by atoms with Crippen LogP contribution in [-0.4, -0.2) is 39.8 Å². The molecule has 1 aliphatic rings. The number of guanidine groups is 1. The van der Waals surface area contributed by atoms with E-state index in [0.717, 1.165) is 24.0 Å². The summed E-state index contributed by atoms with van der Waals surface area (Å²) in [6.07, 6.45) is 2.32. The number of methoxy groups -OCH3 is 2. The van der Waals surface area contributed by atoms with E-state index in [-0.39, 0.29) is 41.6 Å². The average molecular weight is 571 g/mol. The molecule has 0 aromatic heterocycles. The number of nitrogens with one attached hydrogen (secondary N) is 2. The summed E-state index contributed by atoms with van der Waals surface area (Å²) in [5, 5.41) is 6.45. The van der Waals surface area contributed by atoms with Crippen LogP contribution >= 0.6 is 24.0 Å². The van der Waals surface area contributed by atoms with Crippen LogP contribution in [0.2, 0.25) is 0 Å². The molecule has 2 aromatic rings. The number of aliphatic imine (C=N–C) groups is 1. The molecule has 1 saturated carbocycles. The van der Waals surface area contributed by atoms with Crippen LogP contribution in [0.3, 0.4) is 0 Å². The summed E-state index contributed by atoms with van der Waals surface area (Å²) in [5.74, 6) is 1.01. The Hall–Kier alpha value is -2.56. The van der Waals surface area contributed by atoms with Crippen LogP contribution in [0.25, 0.3) is 0 Å². The Morgan fingerprint density at radius 2 is 1.91 bits per heavy atom. The molecular weight excluding hydrogens is 540 g/mol. The highest BCUT2D eigenvalue weighted by molar-refractivity contribution is 14.0. The van der Waals surface area contributed by atoms with Gasteiger partial charge in [0.1, 0.15) is 11.3 Å². The highest BCUT2D eigenvalue weighted by Crippen LogP contribution is 2.30. The first-order valence-corrected chi connectivity index (χ1v) is 10.6. The van der Waals surface area contributed by atoms with Crippen LogP contribution in [0, 0.1) is 11.7 Å². The Morgan fingerprint density at radius 3 is 2.52 bits per heavy atom. The lowest BCUT2D eigenvalue weighted by Crippen LogP contribution is -2.38. The first-order chi connectivity index (χ1) is 15.4. The van der Waals surface area contributed by atoms with E-state index in [1.807, 2.05) is 19.1 Å². The van der Waals surface area contributed by atoms with Gasteiger partial charge < -0.3 is 24.8 Å². The number of nitrogens with zero attached hydrogens (tertiary/aromatic N) is 1. The molecule has 0 bridgehead atoms. The van der Waals surface area contributed by atoms with E-state index < -0.39 is 5.97 Å². The zero-order valence-corrected chi connectivity index (χ0v) is 21.6. The van der Waals surface area contributed by atoms with E-state index in [1.54, 1.807) is 25.2 Å². The lowest BCUT2D eigenvalue weighted by atomic mass is 10.1. The number of benzene rings is 2. The molecule has 0 spiro atoms. The maximum absolute atomic E-state index is 14.4. The van der Waals surface area contributed by atoms with Crippen molar-refractivity contribution in [3.05, 3.63) is 58.9 Å². The van der Waals surface area contributed by atoms with E-state index in [2.05, 4.69) is 15.6 Å². The van der Waals surface area contributed by atoms with Gasteiger partial charge in [0, 0.05) is 13.6 Å². The molecule has 9 heteroatoms. The summed E-state index contributed by atoms with van der Waals surface area (Å²) < 4.78 is 30.0. The van der Waals surface area contributed by atoms with Gasteiger partial charge in [-0.1, -0.05) is 12.1 Å². The molecule has 1 atom stereocenters. The van der Waals surface area contributed by atoms with Crippen LogP contribution in [0.15, 0.2) is 41.4 Å². The van der Waals surface area contributed by atoms with E-state index in [9.17, 15) is 9.18 Å². The summed E-state index contributed by atoms with van der Waals surface area (Å²) in [6, 6.07) is 10.1. The second-order valence-corrected chi connectivity index (χ2v) is 7.76. The molecule has 0 aliphatic heterocycles. The van der Waals surface area contributed by atoms with Crippen molar-refractivity contribution in [1.29, 1.82) is 0 Å². The smallest absolute Gasteiger partial charge is 0.341 e. The highest BCUT2D eigenvalue weighted by Gasteiger charge is 2.22. The van der Waals surface area contributed by atoms with Gasteiger partial charge in [-0.15, -0.1) is 24.0 Å². The second kappa shape index (κ2) is 12.6. The number of halogens is 2. The summed E-state index contributed by atoms with van der Waals surface area (Å²) in [6.45, 7) is 2.92. The summed E-state index contributed by atoms with van der Waals surface area (Å²) >= 11 is 0. The molecular formula is C24H31FIN3O4. The number of carbonyl (C=O) groups excluding carboxylic acids is 1. The molecule has 1 fully saturated rings. The van der Waals surface area contributed by atoms with Gasteiger partial charge in [0.2, 0.25) is 0 Å². The molecule has 2 N–H and O–H groups in total. The number of hydrogen-bond acceptors (Lipinski definition) is 5. The number of rotatable bonds is 9. The fraction of sp³-hybridized carbons (Fsp3) is 0.417. The first-order valence-electron chi connectivity index (χ1n) is 10.6. The maximum atomic E-state index is 14.4. The van der Waals surface area contributed by atoms with Crippen molar-refractivity contribution in [2.24, 2.45) is 10.9 Å². The van der Waals surface area contributed by atoms with Crippen LogP contribution < -0.4 is 20.1 Å². The molecule has 1 aliphatic carbocycles. The minimum atomic E-state index is -0.466. The van der Waals surface area contributed by atoms with Crippen molar-refractivity contribution in [2.75, 3.05) is 27.9 Å². The number of hydrogen-bond donors (Lipinski definition) is 2. The van der Waals surface area contributed by atoms with Crippen LogP contribution in [0.5, 0.6) is 11.5 Å². The lowest BCUT2D eigenvalue weighted by molar-refractivity contribution is 0.0597. The quantitative estimate of drug-likeness (QED) is 0.200. The monoisotopic (exact) mass is 571 g/mol. The Morgan fingerprint density at radius 1 is 1.18 bits per heavy atom. The van der Waals surface area contributed by atoms with E-state index >= 15 is 0 Å². The van der Waals surface area contributed by atoms with Crippen LogP contribution in [0.4, 0.5) is 4.39 Å². The zero-order valence-electron chi connectivity index (χ0n) is 19.3. The van der Waals surface area contributed by atoms with Crippen LogP contribution in [-0.2, 0) is 11.3 Å². The van der Waals surface area contributed by atoms with Crippen molar-refractivity contribution < 1.29 is 23.4 Å². The molecule has 0 saturated heterocycles. The van der Waals surface area contributed by atoms with E-state index in [0.29, 0.717) is 36.3 Å². The summed E-state index contributed by atoms with van der Waals surface area (Å²) in [5.41, 5.74) is 1.98. The van der Waals surface area contributed by atoms with Gasteiger partial charge in [-0.25, -0.2) is 9.18 Å². The zero-order chi connectivity index (χ0) is 23.1. The van der Waals surface area contributed by atoms with E-state index in [4.69, 9.17) is 14.2 Å². The van der Waals surface area contributed by atoms with E-state index in [1.165, 1.54) is 20.3 Å². The predicted molar refractivity (Wildman–Crippen MR) is 136 cm³/mol. The van der Waals surface area contributed by atoms with Gasteiger partial charge >= 0.3 is 5.97 Å². The molecule has 180 valence electrons. The number of carbonyl (C=O) groups is 1. The van der Waals surface area contributed by atoms with Gasteiger partial charge in [0.25, 0.3) is 0 Å². The fourth-order valence-electron chi connectivity index (χ4n) is 3.20. The fourth-order valence-corrected chi connectivity index (χ4v) is 3.20. The third kappa shape index (κ3) is 7.48. The van der Waals surface area contributed by atoms with Gasteiger partial charge in [-0.05, 0) is 61.1 Å². The van der Waals surface area contributed by atoms with Crippen molar-refractivity contribution >= 4 is 35.9 Å². The van der Waals surface area contributed by atoms with Crippen LogP contribution in [0.1, 0.15) is 47.3 Å². The van der Waals surface area contributed by atoms with Crippen molar-refractivity contribution in [2.45, 2.75) is 32.4 Å². The number of esters is 1. The van der Waals surface area contributed by atoms with Crippen molar-refractivity contribution in [3.63, 3.8) is 0 Å². The maximum Gasteiger partial charge on any atom is 0.341 e. The minimum absolute atomic E-state index is 0. The summed E-state index contributed by atoms with van der Waals surface area (Å²) in [4.78, 5) is 16.2. The molecule has 0 radical (unpaired) electrons. The number of ether oxygens (including phenoxy) is 3. The van der Waals surface area contributed by atoms with Gasteiger partial charge in [-0.2, -0.15) is 0 Å². The Labute approximate surface area is 211 Å². The highest BCUT2D eigenvalue weighted by atomic mass is 127. The van der Waals surface area contributed by atoms with Gasteiger partial charge in [0.15, 0.2) is 17.5 Å². The topological polar surface area (TPSA) is 81.2 Å². The Bertz CT molecular complexity index is 982. The standard InChI is InChI=1S/C24H30FN3O4.HI/c1-15(18-8-10-22(20(25)12-18)32-14-16-5-6-16)28-24(26-2)27-13-17-7-9-21(30-3)19(11-17)23(29)31-4;/h7-12,15-16H,5-6,13-14H2,1-4H3,(H2,26,27,28);1H. The minimum Gasteiger partial charge on any atom is -0.496 e. The molecule has 3 rings (SSSR count). The third-order valence-electron chi connectivity index (χ3n) is 5.33. The molecule has 2 aromatic carbocycles. The average Bonchev–Trinajstić information content (AvgIpc) is 3.64. The normalized spacial score (nSPS) is 14.0. The Kier molecular flexibility index (Phi) is 10.2. The SMILES string of the molecule is CN=C(NCc1ccc(OC)c(C(=O)OC)c1)NC(C)c1ccc(OCC2CC2)c(F)c1.I. The summed E-state index contributed by atoms with van der Waals surface area (Å²) in [7, 11) is 4.49. The molecule has 0 amide bonds. The van der Waals surface area contributed by atoms with Crippen molar-refractivity contribution in [3.8, 4) is 11.5 Å². The predicted octanol–water partition coefficient (Wildman–Crippen LogP) is 4.45. The third-order valence-corrected chi connectivity index (χ3v) is 5.33. The Balaban J connectivity index is 0.00000385. The largest absolute Gasteiger partial charge is 0.496 e. The van der Waals surface area contributed by atoms with Gasteiger partial charge in [0.05, 0.1) is 26.9 Å². The van der Waals surface area contributed by atoms with Crippen molar-refractivity contribution in [1.82, 2.24) is 10.6 Å². The molecule has 7 nitrogen and oxygen atoms in total. The second-order valence-electron chi connectivity index (χ2n) is 7.76. The first kappa shape index (κ1) is 26.7. The molecule has 33 heavy (non-hydrogen) atoms. The molecule has 1 unspecified atom stereocenters. The molecule has 0 heterocycles.